The highest BCUT2D eigenvalue weighted by Crippen LogP contribution is 2.20. The van der Waals surface area contributed by atoms with Gasteiger partial charge in [-0.3, -0.25) is 4.79 Å². The number of thioether (sulfide) groups is 1. The zero-order valence-corrected chi connectivity index (χ0v) is 17.6. The van der Waals surface area contributed by atoms with Crippen LogP contribution < -0.4 is 10.6 Å². The minimum Gasteiger partial charge on any atom is -0.486 e. The Morgan fingerprint density at radius 1 is 1.28 bits per heavy atom. The number of carbonyl (C=O) groups is 1. The number of benzene rings is 1. The Balaban J connectivity index is 1.50. The number of furan rings is 1. The largest absolute Gasteiger partial charge is 0.486 e. The number of ether oxygens (including phenoxy) is 1. The number of amides is 1. The van der Waals surface area contributed by atoms with Crippen LogP contribution in [0.5, 0.6) is 5.75 Å². The van der Waals surface area contributed by atoms with Gasteiger partial charge in [0.05, 0.1) is 18.6 Å². The van der Waals surface area contributed by atoms with E-state index in [4.69, 9.17) is 15.0 Å². The zero-order valence-electron chi connectivity index (χ0n) is 16.7. The Morgan fingerprint density at radius 2 is 2.03 bits per heavy atom. The molecule has 3 rings (SSSR count). The molecule has 1 aromatic carbocycles. The molecule has 0 fully saturated rings. The summed E-state index contributed by atoms with van der Waals surface area (Å²) in [5.41, 5.74) is 1.25. The maximum absolute atomic E-state index is 12.3. The van der Waals surface area contributed by atoms with Gasteiger partial charge in [0, 0.05) is 7.05 Å². The number of hydrogen-bond acceptors (Lipinski definition) is 7. The smallest absolute Gasteiger partial charge is 0.233 e. The van der Waals surface area contributed by atoms with Crippen LogP contribution in [0.3, 0.4) is 0 Å². The maximum Gasteiger partial charge on any atom is 0.233 e. The lowest BCUT2D eigenvalue weighted by molar-refractivity contribution is -0.127. The quantitative estimate of drug-likeness (QED) is 0.423. The highest BCUT2D eigenvalue weighted by molar-refractivity contribution is 7.99. The van der Waals surface area contributed by atoms with E-state index in [1.807, 2.05) is 30.3 Å². The van der Waals surface area contributed by atoms with Gasteiger partial charge >= 0.3 is 0 Å². The van der Waals surface area contributed by atoms with Crippen LogP contribution in [0.25, 0.3) is 0 Å². The predicted molar refractivity (Wildman–Crippen MR) is 111 cm³/mol. The van der Waals surface area contributed by atoms with Crippen molar-refractivity contribution < 1.29 is 13.9 Å². The number of rotatable bonds is 9. The lowest BCUT2D eigenvalue weighted by Crippen LogP contribution is -2.28. The molecular formula is C20H25N5O3S. The molecule has 8 nitrogen and oxygen atoms in total. The van der Waals surface area contributed by atoms with Gasteiger partial charge in [0.15, 0.2) is 5.82 Å². The van der Waals surface area contributed by atoms with Gasteiger partial charge in [-0.25, -0.2) is 4.68 Å². The summed E-state index contributed by atoms with van der Waals surface area (Å²) in [6, 6.07) is 11.6. The third-order valence-corrected chi connectivity index (χ3v) is 5.30. The van der Waals surface area contributed by atoms with E-state index in [1.54, 1.807) is 24.3 Å². The Bertz CT molecular complexity index is 922. The third kappa shape index (κ3) is 5.54. The van der Waals surface area contributed by atoms with Crippen LogP contribution in [0.15, 0.2) is 52.2 Å². The number of carbonyl (C=O) groups excluding carboxylic acids is 1. The van der Waals surface area contributed by atoms with Gasteiger partial charge in [-0.15, -0.1) is 10.2 Å². The Morgan fingerprint density at radius 3 is 2.69 bits per heavy atom. The molecule has 3 aromatic rings. The van der Waals surface area contributed by atoms with Gasteiger partial charge in [-0.2, -0.15) is 0 Å². The fourth-order valence-electron chi connectivity index (χ4n) is 2.56. The van der Waals surface area contributed by atoms with Gasteiger partial charge in [0.1, 0.15) is 18.1 Å². The lowest BCUT2D eigenvalue weighted by Gasteiger charge is -2.15. The number of nitrogens with zero attached hydrogens (tertiary/aromatic N) is 4. The Hall–Kier alpha value is -2.94. The van der Waals surface area contributed by atoms with Crippen molar-refractivity contribution in [1.82, 2.24) is 19.8 Å². The molecule has 0 saturated heterocycles. The second-order valence-electron chi connectivity index (χ2n) is 6.90. The summed E-state index contributed by atoms with van der Waals surface area (Å²) in [6.45, 7) is 4.89. The molecular weight excluding hydrogens is 390 g/mol. The molecule has 0 aliphatic rings. The van der Waals surface area contributed by atoms with E-state index < -0.39 is 0 Å². The topological polar surface area (TPSA) is 99.4 Å². The third-order valence-electron chi connectivity index (χ3n) is 4.37. The minimum atomic E-state index is -0.0579. The highest BCUT2D eigenvalue weighted by atomic mass is 32.2. The normalized spacial score (nSPS) is 11.0. The summed E-state index contributed by atoms with van der Waals surface area (Å²) >= 11 is 1.23. The van der Waals surface area contributed by atoms with Crippen LogP contribution in [-0.4, -0.2) is 38.5 Å². The predicted octanol–water partition coefficient (Wildman–Crippen LogP) is 3.04. The molecule has 2 aromatic heterocycles. The Labute approximate surface area is 174 Å². The first-order chi connectivity index (χ1) is 13.9. The summed E-state index contributed by atoms with van der Waals surface area (Å²) in [4.78, 5) is 13.9. The second-order valence-corrected chi connectivity index (χ2v) is 7.84. The van der Waals surface area contributed by atoms with Crippen molar-refractivity contribution in [3.05, 3.63) is 59.8 Å². The lowest BCUT2D eigenvalue weighted by atomic mass is 10.0. The van der Waals surface area contributed by atoms with Crippen molar-refractivity contribution in [1.29, 1.82) is 0 Å². The number of hydrogen-bond donors (Lipinski definition) is 1. The molecule has 0 atom stereocenters. The fourth-order valence-corrected chi connectivity index (χ4v) is 3.38. The first-order valence-corrected chi connectivity index (χ1v) is 10.2. The molecule has 0 radical (unpaired) electrons. The summed E-state index contributed by atoms with van der Waals surface area (Å²) in [6.07, 6.45) is 1.58. The van der Waals surface area contributed by atoms with Crippen molar-refractivity contribution in [2.75, 3.05) is 18.6 Å². The average Bonchev–Trinajstić information content (AvgIpc) is 3.34. The highest BCUT2D eigenvalue weighted by Gasteiger charge is 2.16. The van der Waals surface area contributed by atoms with E-state index in [0.29, 0.717) is 23.4 Å². The van der Waals surface area contributed by atoms with Gasteiger partial charge in [0.25, 0.3) is 0 Å². The van der Waals surface area contributed by atoms with Gasteiger partial charge in [0.2, 0.25) is 11.1 Å². The number of nitrogens with two attached hydrogens (primary N) is 1. The first-order valence-electron chi connectivity index (χ1n) is 9.25. The molecule has 2 heterocycles. The van der Waals surface area contributed by atoms with Crippen LogP contribution in [0, 0.1) is 0 Å². The Kier molecular flexibility index (Phi) is 6.82. The molecule has 0 unspecified atom stereocenters. The SMILES string of the molecule is CC(C)c1ccc(OCc2nnc(SCC(=O)N(C)Cc3ccco3)n2N)cc1. The summed E-state index contributed by atoms with van der Waals surface area (Å²) in [5.74, 6) is 8.61. The van der Waals surface area contributed by atoms with Gasteiger partial charge in [-0.05, 0) is 35.7 Å². The van der Waals surface area contributed by atoms with Crippen LogP contribution in [-0.2, 0) is 17.9 Å². The molecule has 1 amide bonds. The summed E-state index contributed by atoms with van der Waals surface area (Å²) in [5, 5.41) is 8.57. The molecule has 0 bridgehead atoms. The van der Waals surface area contributed by atoms with E-state index in [1.165, 1.54) is 22.0 Å². The monoisotopic (exact) mass is 415 g/mol. The van der Waals surface area contributed by atoms with Crippen LogP contribution >= 0.6 is 11.8 Å². The molecule has 0 aliphatic carbocycles. The van der Waals surface area contributed by atoms with Crippen molar-refractivity contribution in [2.45, 2.75) is 38.1 Å². The average molecular weight is 416 g/mol. The molecule has 0 spiro atoms. The van der Waals surface area contributed by atoms with Crippen LogP contribution in [0.4, 0.5) is 0 Å². The van der Waals surface area contributed by atoms with Crippen LogP contribution in [0.1, 0.15) is 36.9 Å². The fraction of sp³-hybridized carbons (Fsp3) is 0.350. The summed E-state index contributed by atoms with van der Waals surface area (Å²) in [7, 11) is 1.72. The zero-order chi connectivity index (χ0) is 20.8. The van der Waals surface area contributed by atoms with E-state index in [2.05, 4.69) is 24.0 Å². The van der Waals surface area contributed by atoms with Gasteiger partial charge < -0.3 is 19.9 Å². The van der Waals surface area contributed by atoms with E-state index in [-0.39, 0.29) is 18.3 Å². The maximum atomic E-state index is 12.3. The minimum absolute atomic E-state index is 0.0579. The van der Waals surface area contributed by atoms with E-state index in [9.17, 15) is 4.79 Å². The summed E-state index contributed by atoms with van der Waals surface area (Å²) < 4.78 is 12.4. The molecule has 0 aliphatic heterocycles. The van der Waals surface area contributed by atoms with Gasteiger partial charge in [-0.1, -0.05) is 37.7 Å². The van der Waals surface area contributed by atoms with E-state index in [0.717, 1.165) is 11.5 Å². The molecule has 9 heteroatoms. The first kappa shape index (κ1) is 20.8. The van der Waals surface area contributed by atoms with Crippen molar-refractivity contribution in [3.63, 3.8) is 0 Å². The molecule has 0 saturated carbocycles. The second kappa shape index (κ2) is 9.51. The standard InChI is InChI=1S/C20H25N5O3S/c1-14(2)15-6-8-16(9-7-15)28-12-18-22-23-20(25(18)21)29-13-19(26)24(3)11-17-5-4-10-27-17/h4-10,14H,11-13,21H2,1-3H3. The molecule has 29 heavy (non-hydrogen) atoms. The van der Waals surface area contributed by atoms with Crippen LogP contribution in [0.2, 0.25) is 0 Å². The molecule has 2 N–H and O–H groups in total. The van der Waals surface area contributed by atoms with Crippen molar-refractivity contribution in [3.8, 4) is 5.75 Å². The number of nitrogen functional groups attached to an aromatic ring is 1. The van der Waals surface area contributed by atoms with Crippen molar-refractivity contribution in [2.24, 2.45) is 0 Å². The molecule has 154 valence electrons. The van der Waals surface area contributed by atoms with E-state index >= 15 is 0 Å². The number of aromatic nitrogens is 3. The van der Waals surface area contributed by atoms with Crippen molar-refractivity contribution >= 4 is 17.7 Å².